The lowest BCUT2D eigenvalue weighted by Crippen LogP contribution is -2.29. The number of fused-ring (bicyclic) bond motifs is 1. The van der Waals surface area contributed by atoms with E-state index in [1.54, 1.807) is 0 Å². The van der Waals surface area contributed by atoms with Gasteiger partial charge in [-0.2, -0.15) is 9.37 Å². The topological polar surface area (TPSA) is 55.3 Å². The van der Waals surface area contributed by atoms with Crippen molar-refractivity contribution in [1.29, 1.82) is 0 Å². The van der Waals surface area contributed by atoms with E-state index in [1.165, 1.54) is 30.1 Å². The standard InChI is InChI=1S/C17H17ClFN3O2/c1-10-15(19)16(24-2)21-17(20-10)22(14(23)9-18)13-7-6-11-4-3-5-12(11)8-13/h6-8H,3-5,9H2,1-2H3. The number of aromatic nitrogens is 2. The molecule has 24 heavy (non-hydrogen) atoms. The van der Waals surface area contributed by atoms with Gasteiger partial charge in [-0.3, -0.25) is 4.79 Å². The van der Waals surface area contributed by atoms with Gasteiger partial charge in [0.1, 0.15) is 5.88 Å². The van der Waals surface area contributed by atoms with Crippen molar-refractivity contribution < 1.29 is 13.9 Å². The largest absolute Gasteiger partial charge is 0.479 e. The Morgan fingerprint density at radius 3 is 2.79 bits per heavy atom. The summed E-state index contributed by atoms with van der Waals surface area (Å²) in [7, 11) is 1.32. The lowest BCUT2D eigenvalue weighted by atomic mass is 10.1. The third kappa shape index (κ3) is 2.94. The highest BCUT2D eigenvalue weighted by Gasteiger charge is 2.24. The molecule has 1 amide bonds. The molecule has 0 spiro atoms. The van der Waals surface area contributed by atoms with E-state index in [-0.39, 0.29) is 29.3 Å². The number of benzene rings is 1. The Hall–Kier alpha value is -2.21. The Balaban J connectivity index is 2.11. The smallest absolute Gasteiger partial charge is 0.255 e. The molecule has 7 heteroatoms. The van der Waals surface area contributed by atoms with Crippen molar-refractivity contribution in [2.75, 3.05) is 17.9 Å². The van der Waals surface area contributed by atoms with Gasteiger partial charge >= 0.3 is 0 Å². The number of alkyl halides is 1. The van der Waals surface area contributed by atoms with Crippen LogP contribution in [-0.2, 0) is 17.6 Å². The zero-order valence-corrected chi connectivity index (χ0v) is 14.2. The first kappa shape index (κ1) is 16.6. The summed E-state index contributed by atoms with van der Waals surface area (Å²) in [6, 6.07) is 5.78. The van der Waals surface area contributed by atoms with Gasteiger partial charge in [0, 0.05) is 0 Å². The molecule has 0 aliphatic heterocycles. The molecule has 1 aromatic carbocycles. The Labute approximate surface area is 144 Å². The van der Waals surface area contributed by atoms with Crippen molar-refractivity contribution in [2.45, 2.75) is 26.2 Å². The van der Waals surface area contributed by atoms with Crippen LogP contribution < -0.4 is 9.64 Å². The van der Waals surface area contributed by atoms with Crippen molar-refractivity contribution in [1.82, 2.24) is 9.97 Å². The van der Waals surface area contributed by atoms with Crippen LogP contribution in [0.25, 0.3) is 0 Å². The first-order valence-electron chi connectivity index (χ1n) is 7.64. The van der Waals surface area contributed by atoms with Crippen molar-refractivity contribution in [3.05, 3.63) is 40.8 Å². The van der Waals surface area contributed by atoms with Crippen LogP contribution in [0.3, 0.4) is 0 Å². The van der Waals surface area contributed by atoms with Gasteiger partial charge in [0.2, 0.25) is 17.7 Å². The molecule has 0 N–H and O–H groups in total. The summed E-state index contributed by atoms with van der Waals surface area (Å²) in [6.45, 7) is 1.50. The Morgan fingerprint density at radius 2 is 2.08 bits per heavy atom. The molecular weight excluding hydrogens is 333 g/mol. The first-order valence-corrected chi connectivity index (χ1v) is 8.17. The number of anilines is 2. The lowest BCUT2D eigenvalue weighted by Gasteiger charge is -2.21. The van der Waals surface area contributed by atoms with E-state index in [0.717, 1.165) is 19.3 Å². The maximum absolute atomic E-state index is 13.9. The minimum Gasteiger partial charge on any atom is -0.479 e. The van der Waals surface area contributed by atoms with E-state index in [0.29, 0.717) is 5.69 Å². The average molecular weight is 350 g/mol. The molecule has 0 radical (unpaired) electrons. The molecule has 5 nitrogen and oxygen atoms in total. The fourth-order valence-electron chi connectivity index (χ4n) is 2.88. The quantitative estimate of drug-likeness (QED) is 0.794. The van der Waals surface area contributed by atoms with Gasteiger partial charge in [-0.1, -0.05) is 6.07 Å². The summed E-state index contributed by atoms with van der Waals surface area (Å²) in [4.78, 5) is 21.8. The number of amides is 1. The number of carbonyl (C=O) groups is 1. The summed E-state index contributed by atoms with van der Waals surface area (Å²) in [5.41, 5.74) is 3.20. The van der Waals surface area contributed by atoms with E-state index in [1.807, 2.05) is 18.2 Å². The van der Waals surface area contributed by atoms with E-state index in [9.17, 15) is 9.18 Å². The third-order valence-corrected chi connectivity index (χ3v) is 4.30. The van der Waals surface area contributed by atoms with Gasteiger partial charge in [0.25, 0.3) is 5.88 Å². The maximum Gasteiger partial charge on any atom is 0.255 e. The van der Waals surface area contributed by atoms with Crippen LogP contribution in [-0.4, -0.2) is 28.9 Å². The van der Waals surface area contributed by atoms with Crippen molar-refractivity contribution in [3.63, 3.8) is 0 Å². The lowest BCUT2D eigenvalue weighted by molar-refractivity contribution is -0.115. The van der Waals surface area contributed by atoms with Gasteiger partial charge < -0.3 is 4.74 Å². The van der Waals surface area contributed by atoms with Gasteiger partial charge in [0.05, 0.1) is 18.5 Å². The van der Waals surface area contributed by atoms with Crippen LogP contribution in [0.15, 0.2) is 18.2 Å². The van der Waals surface area contributed by atoms with Crippen LogP contribution in [0.4, 0.5) is 16.0 Å². The van der Waals surface area contributed by atoms with Gasteiger partial charge in [-0.15, -0.1) is 11.6 Å². The summed E-state index contributed by atoms with van der Waals surface area (Å²) < 4.78 is 18.9. The molecule has 0 fully saturated rings. The SMILES string of the molecule is COc1nc(N(C(=O)CCl)c2ccc3c(c2)CCC3)nc(C)c1F. The van der Waals surface area contributed by atoms with E-state index >= 15 is 0 Å². The van der Waals surface area contributed by atoms with Crippen LogP contribution in [0, 0.1) is 12.7 Å². The Kier molecular flexibility index (Phi) is 4.66. The molecule has 2 aromatic rings. The van der Waals surface area contributed by atoms with E-state index < -0.39 is 5.82 Å². The van der Waals surface area contributed by atoms with E-state index in [4.69, 9.17) is 16.3 Å². The normalized spacial score (nSPS) is 12.8. The van der Waals surface area contributed by atoms with Crippen LogP contribution >= 0.6 is 11.6 Å². The minimum atomic E-state index is -0.645. The number of aryl methyl sites for hydroxylation is 3. The zero-order chi connectivity index (χ0) is 17.3. The first-order chi connectivity index (χ1) is 11.5. The molecular formula is C17H17ClFN3O2. The number of nitrogens with zero attached hydrogens (tertiary/aromatic N) is 3. The molecule has 0 unspecified atom stereocenters. The number of halogens is 2. The second-order valence-corrected chi connectivity index (χ2v) is 5.87. The van der Waals surface area contributed by atoms with Crippen LogP contribution in [0.5, 0.6) is 5.88 Å². The number of carbonyl (C=O) groups excluding carboxylic acids is 1. The van der Waals surface area contributed by atoms with Crippen molar-refractivity contribution >= 4 is 29.1 Å². The number of ether oxygens (including phenoxy) is 1. The fraction of sp³-hybridized carbons (Fsp3) is 0.353. The summed E-state index contributed by atoms with van der Waals surface area (Å²) in [5.74, 6) is -1.42. The van der Waals surface area contributed by atoms with Crippen LogP contribution in [0.1, 0.15) is 23.2 Å². The van der Waals surface area contributed by atoms with Crippen molar-refractivity contribution in [2.24, 2.45) is 0 Å². The van der Waals surface area contributed by atoms with Gasteiger partial charge in [-0.05, 0) is 49.4 Å². The molecule has 126 valence electrons. The molecule has 0 bridgehead atoms. The molecule has 0 atom stereocenters. The molecule has 1 aliphatic rings. The third-order valence-electron chi connectivity index (χ3n) is 4.07. The highest BCUT2D eigenvalue weighted by atomic mass is 35.5. The van der Waals surface area contributed by atoms with E-state index in [2.05, 4.69) is 9.97 Å². The molecule has 1 heterocycles. The summed E-state index contributed by atoms with van der Waals surface area (Å²) >= 11 is 5.76. The van der Waals surface area contributed by atoms with Crippen molar-refractivity contribution in [3.8, 4) is 5.88 Å². The average Bonchev–Trinajstić information content (AvgIpc) is 3.05. The fourth-order valence-corrected chi connectivity index (χ4v) is 3.00. The number of hydrogen-bond acceptors (Lipinski definition) is 4. The predicted molar refractivity (Wildman–Crippen MR) is 89.6 cm³/mol. The highest BCUT2D eigenvalue weighted by Crippen LogP contribution is 2.31. The predicted octanol–water partition coefficient (Wildman–Crippen LogP) is 3.32. The molecule has 0 saturated carbocycles. The second kappa shape index (κ2) is 6.73. The monoisotopic (exact) mass is 349 g/mol. The number of methoxy groups -OCH3 is 1. The molecule has 3 rings (SSSR count). The van der Waals surface area contributed by atoms with Gasteiger partial charge in [0.15, 0.2) is 0 Å². The number of rotatable bonds is 4. The summed E-state index contributed by atoms with van der Waals surface area (Å²) in [5, 5.41) is 0. The second-order valence-electron chi connectivity index (χ2n) is 5.60. The highest BCUT2D eigenvalue weighted by molar-refractivity contribution is 6.30. The zero-order valence-electron chi connectivity index (χ0n) is 13.5. The molecule has 1 aliphatic carbocycles. The molecule has 0 saturated heterocycles. The molecule has 1 aromatic heterocycles. The Morgan fingerprint density at radius 1 is 1.33 bits per heavy atom. The van der Waals surface area contributed by atoms with Gasteiger partial charge in [-0.25, -0.2) is 9.88 Å². The van der Waals surface area contributed by atoms with Crippen LogP contribution in [0.2, 0.25) is 0 Å². The summed E-state index contributed by atoms with van der Waals surface area (Å²) in [6.07, 6.45) is 3.11. The minimum absolute atomic E-state index is 0.0503. The maximum atomic E-state index is 13.9. The Bertz CT molecular complexity index is 798. The number of hydrogen-bond donors (Lipinski definition) is 0.